The Morgan fingerprint density at radius 1 is 1.10 bits per heavy atom. The molecule has 1 fully saturated rings. The summed E-state index contributed by atoms with van der Waals surface area (Å²) in [6.45, 7) is 2.04. The Morgan fingerprint density at radius 3 is 2.79 bits per heavy atom. The van der Waals surface area contributed by atoms with Gasteiger partial charge in [0.15, 0.2) is 5.82 Å². The van der Waals surface area contributed by atoms with Gasteiger partial charge in [-0.15, -0.1) is 0 Å². The van der Waals surface area contributed by atoms with Crippen LogP contribution in [0, 0.1) is 5.92 Å². The van der Waals surface area contributed by atoms with Crippen LogP contribution in [0.3, 0.4) is 0 Å². The first-order valence-electron chi connectivity index (χ1n) is 9.75. The predicted molar refractivity (Wildman–Crippen MR) is 114 cm³/mol. The molecule has 0 spiro atoms. The van der Waals surface area contributed by atoms with E-state index < -0.39 is 0 Å². The van der Waals surface area contributed by atoms with Gasteiger partial charge in [-0.05, 0) is 36.6 Å². The number of anilines is 1. The highest BCUT2D eigenvalue weighted by atomic mass is 32.2. The zero-order valence-electron chi connectivity index (χ0n) is 16.1. The molecule has 2 aromatic heterocycles. The molecule has 29 heavy (non-hydrogen) atoms. The molecule has 0 saturated carbocycles. The molecule has 1 atom stereocenters. The second-order valence-electron chi connectivity index (χ2n) is 6.96. The number of piperidine rings is 1. The summed E-state index contributed by atoms with van der Waals surface area (Å²) in [7, 11) is 0. The molecule has 6 nitrogen and oxygen atoms in total. The van der Waals surface area contributed by atoms with Crippen molar-refractivity contribution in [2.24, 2.45) is 5.92 Å². The average Bonchev–Trinajstić information content (AvgIpc) is 2.79. The van der Waals surface area contributed by atoms with Gasteiger partial charge in [0.1, 0.15) is 5.03 Å². The molecular formula is C22H23N5OS. The van der Waals surface area contributed by atoms with Crippen LogP contribution in [0.25, 0.3) is 0 Å². The number of carbonyl (C=O) groups excluding carboxylic acids is 1. The number of aromatic nitrogens is 3. The number of carbonyl (C=O) groups is 1. The molecule has 1 aliphatic rings. The Morgan fingerprint density at radius 2 is 1.97 bits per heavy atom. The van der Waals surface area contributed by atoms with Crippen molar-refractivity contribution < 1.29 is 4.79 Å². The summed E-state index contributed by atoms with van der Waals surface area (Å²) in [6.07, 6.45) is 8.79. The SMILES string of the molecule is O=C(NCc1cccnc1)[C@@H]1CCCN(c2nccnc2Sc2ccccc2)C1. The van der Waals surface area contributed by atoms with Gasteiger partial charge in [-0.25, -0.2) is 9.97 Å². The van der Waals surface area contributed by atoms with Crippen molar-refractivity contribution in [1.82, 2.24) is 20.3 Å². The zero-order chi connectivity index (χ0) is 19.9. The molecule has 3 heterocycles. The lowest BCUT2D eigenvalue weighted by molar-refractivity contribution is -0.125. The Bertz CT molecular complexity index is 938. The highest BCUT2D eigenvalue weighted by Gasteiger charge is 2.28. The van der Waals surface area contributed by atoms with Crippen molar-refractivity contribution in [2.75, 3.05) is 18.0 Å². The van der Waals surface area contributed by atoms with Crippen molar-refractivity contribution in [1.29, 1.82) is 0 Å². The third kappa shape index (κ3) is 5.12. The first-order chi connectivity index (χ1) is 14.3. The molecule has 0 bridgehead atoms. The van der Waals surface area contributed by atoms with Gasteiger partial charge < -0.3 is 10.2 Å². The molecule has 1 aromatic carbocycles. The van der Waals surface area contributed by atoms with Crippen LogP contribution < -0.4 is 10.2 Å². The number of nitrogens with one attached hydrogen (secondary N) is 1. The number of nitrogens with zero attached hydrogens (tertiary/aromatic N) is 4. The maximum absolute atomic E-state index is 12.7. The normalized spacial score (nSPS) is 16.4. The summed E-state index contributed by atoms with van der Waals surface area (Å²) in [5.41, 5.74) is 1.00. The largest absolute Gasteiger partial charge is 0.354 e. The molecule has 0 aliphatic carbocycles. The standard InChI is InChI=1S/C22H23N5OS/c28-21(26-15-17-6-4-10-23-14-17)18-7-5-13-27(16-18)20-22(25-12-11-24-20)29-19-8-2-1-3-9-19/h1-4,6,8-12,14,18H,5,7,13,15-16H2,(H,26,28)/t18-/m1/s1. The molecule has 1 saturated heterocycles. The molecule has 1 N–H and O–H groups in total. The molecule has 4 rings (SSSR count). The van der Waals surface area contributed by atoms with Gasteiger partial charge in [-0.1, -0.05) is 36.0 Å². The van der Waals surface area contributed by atoms with Crippen molar-refractivity contribution in [3.8, 4) is 0 Å². The Balaban J connectivity index is 1.42. The van der Waals surface area contributed by atoms with Crippen LogP contribution in [-0.2, 0) is 11.3 Å². The summed E-state index contributed by atoms with van der Waals surface area (Å²) < 4.78 is 0. The minimum absolute atomic E-state index is 0.0583. The van der Waals surface area contributed by atoms with Crippen molar-refractivity contribution >= 4 is 23.5 Å². The minimum atomic E-state index is -0.0583. The lowest BCUT2D eigenvalue weighted by Crippen LogP contribution is -2.43. The summed E-state index contributed by atoms with van der Waals surface area (Å²) in [5.74, 6) is 0.878. The Kier molecular flexibility index (Phi) is 6.36. The van der Waals surface area contributed by atoms with Gasteiger partial charge in [0.2, 0.25) is 5.91 Å². The molecule has 7 heteroatoms. The van der Waals surface area contributed by atoms with Crippen LogP contribution >= 0.6 is 11.8 Å². The van der Waals surface area contributed by atoms with Crippen LogP contribution in [0.5, 0.6) is 0 Å². The highest BCUT2D eigenvalue weighted by Crippen LogP contribution is 2.33. The Hall–Kier alpha value is -2.93. The first kappa shape index (κ1) is 19.4. The van der Waals surface area contributed by atoms with E-state index in [-0.39, 0.29) is 11.8 Å². The van der Waals surface area contributed by atoms with Crippen LogP contribution in [0.15, 0.2) is 77.2 Å². The van der Waals surface area contributed by atoms with E-state index in [2.05, 4.69) is 37.3 Å². The fourth-order valence-corrected chi connectivity index (χ4v) is 4.33. The predicted octanol–water partition coefficient (Wildman–Crippen LogP) is 3.56. The number of pyridine rings is 1. The summed E-state index contributed by atoms with van der Waals surface area (Å²) in [6, 6.07) is 14.0. The molecule has 0 radical (unpaired) electrons. The number of hydrogen-bond acceptors (Lipinski definition) is 6. The quantitative estimate of drug-likeness (QED) is 0.676. The van der Waals surface area contributed by atoms with Gasteiger partial charge >= 0.3 is 0 Å². The van der Waals surface area contributed by atoms with Crippen molar-refractivity contribution in [2.45, 2.75) is 29.3 Å². The van der Waals surface area contributed by atoms with E-state index in [0.29, 0.717) is 13.1 Å². The van der Waals surface area contributed by atoms with E-state index in [0.717, 1.165) is 40.7 Å². The topological polar surface area (TPSA) is 71.0 Å². The summed E-state index contributed by atoms with van der Waals surface area (Å²) in [4.78, 5) is 29.3. The summed E-state index contributed by atoms with van der Waals surface area (Å²) >= 11 is 1.60. The number of amides is 1. The lowest BCUT2D eigenvalue weighted by atomic mass is 9.97. The van der Waals surface area contributed by atoms with Crippen LogP contribution in [-0.4, -0.2) is 33.9 Å². The van der Waals surface area contributed by atoms with Gasteiger partial charge in [-0.3, -0.25) is 9.78 Å². The number of benzene rings is 1. The smallest absolute Gasteiger partial charge is 0.225 e. The fourth-order valence-electron chi connectivity index (χ4n) is 3.43. The van der Waals surface area contributed by atoms with E-state index in [1.165, 1.54) is 0 Å². The molecule has 148 valence electrons. The van der Waals surface area contributed by atoms with E-state index in [1.807, 2.05) is 30.3 Å². The average molecular weight is 406 g/mol. The molecule has 0 unspecified atom stereocenters. The van der Waals surface area contributed by atoms with E-state index in [9.17, 15) is 4.79 Å². The molecule has 3 aromatic rings. The zero-order valence-corrected chi connectivity index (χ0v) is 16.9. The molecule has 1 amide bonds. The molecule has 1 aliphatic heterocycles. The lowest BCUT2D eigenvalue weighted by Gasteiger charge is -2.33. The second-order valence-corrected chi connectivity index (χ2v) is 8.03. The second kappa shape index (κ2) is 9.52. The van der Waals surface area contributed by atoms with Gasteiger partial charge in [-0.2, -0.15) is 0 Å². The maximum Gasteiger partial charge on any atom is 0.225 e. The maximum atomic E-state index is 12.7. The van der Waals surface area contributed by atoms with E-state index in [1.54, 1.807) is 36.5 Å². The van der Waals surface area contributed by atoms with E-state index >= 15 is 0 Å². The van der Waals surface area contributed by atoms with Gasteiger partial charge in [0.25, 0.3) is 0 Å². The summed E-state index contributed by atoms with van der Waals surface area (Å²) in [5, 5.41) is 3.92. The van der Waals surface area contributed by atoms with Gasteiger partial charge in [0, 0.05) is 49.3 Å². The van der Waals surface area contributed by atoms with Gasteiger partial charge in [0.05, 0.1) is 5.92 Å². The minimum Gasteiger partial charge on any atom is -0.354 e. The van der Waals surface area contributed by atoms with Crippen molar-refractivity contribution in [3.63, 3.8) is 0 Å². The third-order valence-electron chi connectivity index (χ3n) is 4.89. The van der Waals surface area contributed by atoms with E-state index in [4.69, 9.17) is 0 Å². The highest BCUT2D eigenvalue weighted by molar-refractivity contribution is 7.99. The third-order valence-corrected chi connectivity index (χ3v) is 5.87. The van der Waals surface area contributed by atoms with Crippen molar-refractivity contribution in [3.05, 3.63) is 72.8 Å². The number of hydrogen-bond donors (Lipinski definition) is 1. The number of rotatable bonds is 6. The first-order valence-corrected chi connectivity index (χ1v) is 10.6. The van der Waals surface area contributed by atoms with Crippen LogP contribution in [0.1, 0.15) is 18.4 Å². The fraction of sp³-hybridized carbons (Fsp3) is 0.273. The Labute approximate surface area is 174 Å². The monoisotopic (exact) mass is 405 g/mol. The molecular weight excluding hydrogens is 382 g/mol. The van der Waals surface area contributed by atoms with Crippen LogP contribution in [0.2, 0.25) is 0 Å². The van der Waals surface area contributed by atoms with Crippen LogP contribution in [0.4, 0.5) is 5.82 Å².